The number of anilines is 1. The molecule has 26 heavy (non-hydrogen) atoms. The Morgan fingerprint density at radius 2 is 1.88 bits per heavy atom. The zero-order valence-electron chi connectivity index (χ0n) is 15.3. The van der Waals surface area contributed by atoms with Gasteiger partial charge in [-0.2, -0.15) is 11.8 Å². The summed E-state index contributed by atoms with van der Waals surface area (Å²) in [5.41, 5.74) is 7.27. The van der Waals surface area contributed by atoms with Crippen LogP contribution in [0.25, 0.3) is 0 Å². The van der Waals surface area contributed by atoms with Crippen LogP contribution >= 0.6 is 11.8 Å². The van der Waals surface area contributed by atoms with E-state index in [1.807, 2.05) is 34.9 Å². The predicted molar refractivity (Wildman–Crippen MR) is 107 cm³/mol. The molecule has 5 nitrogen and oxygen atoms in total. The van der Waals surface area contributed by atoms with Gasteiger partial charge in [0.15, 0.2) is 0 Å². The maximum atomic E-state index is 12.6. The van der Waals surface area contributed by atoms with E-state index in [2.05, 4.69) is 5.32 Å². The van der Waals surface area contributed by atoms with Crippen molar-refractivity contribution >= 4 is 29.3 Å². The molecule has 0 radical (unpaired) electrons. The Morgan fingerprint density at radius 3 is 2.58 bits per heavy atom. The molecule has 6 heteroatoms. The van der Waals surface area contributed by atoms with E-state index in [1.165, 1.54) is 6.42 Å². The first kappa shape index (κ1) is 19.2. The average molecular weight is 376 g/mol. The van der Waals surface area contributed by atoms with E-state index in [9.17, 15) is 9.59 Å². The fourth-order valence-electron chi connectivity index (χ4n) is 3.98. The van der Waals surface area contributed by atoms with Crippen LogP contribution in [-0.4, -0.2) is 47.9 Å². The molecular weight excluding hydrogens is 346 g/mol. The number of carbonyl (C=O) groups excluding carboxylic acids is 2. The van der Waals surface area contributed by atoms with Crippen LogP contribution in [0.1, 0.15) is 48.9 Å². The van der Waals surface area contributed by atoms with Gasteiger partial charge < -0.3 is 16.0 Å². The van der Waals surface area contributed by atoms with Crippen LogP contribution in [0.4, 0.5) is 5.69 Å². The Bertz CT molecular complexity index is 638. The third-order valence-electron chi connectivity index (χ3n) is 5.57. The summed E-state index contributed by atoms with van der Waals surface area (Å²) in [6.45, 7) is 2.14. The molecule has 3 rings (SSSR count). The Morgan fingerprint density at radius 1 is 1.15 bits per heavy atom. The van der Waals surface area contributed by atoms with Crippen LogP contribution in [-0.2, 0) is 4.79 Å². The van der Waals surface area contributed by atoms with Crippen molar-refractivity contribution < 1.29 is 9.59 Å². The number of amides is 2. The number of hydrogen-bond acceptors (Lipinski definition) is 4. The molecule has 1 saturated heterocycles. The van der Waals surface area contributed by atoms with Gasteiger partial charge in [0.2, 0.25) is 5.91 Å². The largest absolute Gasteiger partial charge is 0.337 e. The molecule has 0 bridgehead atoms. The quantitative estimate of drug-likeness (QED) is 0.829. The van der Waals surface area contributed by atoms with Crippen molar-refractivity contribution in [1.29, 1.82) is 0 Å². The standard InChI is InChI=1S/C20H29N3O2S/c21-15-20(7-2-1-3-8-20)14-18(24)22-17-6-4-5-16(13-17)19(25)23-9-11-26-12-10-23/h4-6,13H,1-3,7-12,14-15,21H2,(H,22,24). The maximum Gasteiger partial charge on any atom is 0.253 e. The highest BCUT2D eigenvalue weighted by molar-refractivity contribution is 7.99. The molecule has 1 saturated carbocycles. The summed E-state index contributed by atoms with van der Waals surface area (Å²) in [5, 5.41) is 2.98. The fraction of sp³-hybridized carbons (Fsp3) is 0.600. The van der Waals surface area contributed by atoms with Gasteiger partial charge in [0, 0.05) is 42.3 Å². The average Bonchev–Trinajstić information content (AvgIpc) is 2.69. The van der Waals surface area contributed by atoms with Crippen molar-refractivity contribution in [2.75, 3.05) is 36.5 Å². The van der Waals surface area contributed by atoms with Gasteiger partial charge in [0.1, 0.15) is 0 Å². The summed E-state index contributed by atoms with van der Waals surface area (Å²) in [6.07, 6.45) is 6.07. The second-order valence-electron chi connectivity index (χ2n) is 7.48. The second kappa shape index (κ2) is 8.91. The molecule has 0 unspecified atom stereocenters. The number of thioether (sulfide) groups is 1. The molecule has 0 aromatic heterocycles. The van der Waals surface area contributed by atoms with Gasteiger partial charge in [-0.3, -0.25) is 9.59 Å². The van der Waals surface area contributed by atoms with E-state index in [1.54, 1.807) is 6.07 Å². The number of nitrogens with two attached hydrogens (primary N) is 1. The number of hydrogen-bond donors (Lipinski definition) is 2. The molecule has 1 aromatic carbocycles. The Balaban J connectivity index is 1.62. The normalized spacial score (nSPS) is 19.8. The number of nitrogens with zero attached hydrogens (tertiary/aromatic N) is 1. The smallest absolute Gasteiger partial charge is 0.253 e. The lowest BCUT2D eigenvalue weighted by molar-refractivity contribution is -0.118. The lowest BCUT2D eigenvalue weighted by atomic mass is 9.71. The second-order valence-corrected chi connectivity index (χ2v) is 8.70. The zero-order chi connectivity index (χ0) is 18.4. The van der Waals surface area contributed by atoms with Crippen molar-refractivity contribution in [3.8, 4) is 0 Å². The lowest BCUT2D eigenvalue weighted by Gasteiger charge is -2.35. The van der Waals surface area contributed by atoms with Crippen LogP contribution in [0.5, 0.6) is 0 Å². The Hall–Kier alpha value is -1.53. The van der Waals surface area contributed by atoms with Gasteiger partial charge in [-0.15, -0.1) is 0 Å². The van der Waals surface area contributed by atoms with Crippen LogP contribution in [0.3, 0.4) is 0 Å². The molecule has 1 aliphatic carbocycles. The van der Waals surface area contributed by atoms with Crippen molar-refractivity contribution in [3.05, 3.63) is 29.8 Å². The van der Waals surface area contributed by atoms with E-state index >= 15 is 0 Å². The SMILES string of the molecule is NCC1(CC(=O)Nc2cccc(C(=O)N3CCSCC3)c2)CCCCC1. The number of benzene rings is 1. The number of rotatable bonds is 5. The summed E-state index contributed by atoms with van der Waals surface area (Å²) in [6, 6.07) is 7.29. The summed E-state index contributed by atoms with van der Waals surface area (Å²) in [7, 11) is 0. The highest BCUT2D eigenvalue weighted by atomic mass is 32.2. The van der Waals surface area contributed by atoms with E-state index in [0.29, 0.717) is 24.2 Å². The van der Waals surface area contributed by atoms with Crippen LogP contribution in [0, 0.1) is 5.41 Å². The van der Waals surface area contributed by atoms with Gasteiger partial charge in [0.05, 0.1) is 0 Å². The molecule has 3 N–H and O–H groups in total. The molecule has 0 spiro atoms. The molecule has 2 amide bonds. The predicted octanol–water partition coefficient (Wildman–Crippen LogP) is 3.11. The molecule has 2 aliphatic rings. The lowest BCUT2D eigenvalue weighted by Crippen LogP contribution is -2.38. The molecule has 142 valence electrons. The van der Waals surface area contributed by atoms with E-state index in [0.717, 1.165) is 50.3 Å². The molecular formula is C20H29N3O2S. The molecule has 1 aliphatic heterocycles. The minimum atomic E-state index is -0.0543. The Labute approximate surface area is 160 Å². The minimum absolute atomic E-state index is 0.00341. The van der Waals surface area contributed by atoms with Gasteiger partial charge in [-0.05, 0) is 43.0 Å². The van der Waals surface area contributed by atoms with Crippen LogP contribution in [0.2, 0.25) is 0 Å². The highest BCUT2D eigenvalue weighted by Crippen LogP contribution is 2.38. The number of nitrogens with one attached hydrogen (secondary N) is 1. The fourth-order valence-corrected chi connectivity index (χ4v) is 4.88. The van der Waals surface area contributed by atoms with Crippen molar-refractivity contribution in [3.63, 3.8) is 0 Å². The first-order valence-electron chi connectivity index (χ1n) is 9.59. The monoisotopic (exact) mass is 375 g/mol. The highest BCUT2D eigenvalue weighted by Gasteiger charge is 2.33. The van der Waals surface area contributed by atoms with Gasteiger partial charge >= 0.3 is 0 Å². The first-order chi connectivity index (χ1) is 12.6. The number of carbonyl (C=O) groups is 2. The molecule has 1 heterocycles. The first-order valence-corrected chi connectivity index (χ1v) is 10.7. The van der Waals surface area contributed by atoms with Crippen molar-refractivity contribution in [1.82, 2.24) is 4.90 Å². The van der Waals surface area contributed by atoms with Gasteiger partial charge in [-0.25, -0.2) is 0 Å². The van der Waals surface area contributed by atoms with Gasteiger partial charge in [0.25, 0.3) is 5.91 Å². The third kappa shape index (κ3) is 4.80. The summed E-state index contributed by atoms with van der Waals surface area (Å²) >= 11 is 1.88. The topological polar surface area (TPSA) is 75.4 Å². The van der Waals surface area contributed by atoms with Crippen molar-refractivity contribution in [2.24, 2.45) is 11.1 Å². The summed E-state index contributed by atoms with van der Waals surface area (Å²) in [4.78, 5) is 27.1. The van der Waals surface area contributed by atoms with Crippen molar-refractivity contribution in [2.45, 2.75) is 38.5 Å². The summed E-state index contributed by atoms with van der Waals surface area (Å²) in [5.74, 6) is 2.02. The maximum absolute atomic E-state index is 12.6. The molecule has 2 fully saturated rings. The van der Waals surface area contributed by atoms with Gasteiger partial charge in [-0.1, -0.05) is 25.3 Å². The molecule has 0 atom stereocenters. The van der Waals surface area contributed by atoms with E-state index in [-0.39, 0.29) is 17.2 Å². The third-order valence-corrected chi connectivity index (χ3v) is 6.52. The van der Waals surface area contributed by atoms with E-state index in [4.69, 9.17) is 5.73 Å². The zero-order valence-corrected chi connectivity index (χ0v) is 16.2. The van der Waals surface area contributed by atoms with E-state index < -0.39 is 0 Å². The van der Waals surface area contributed by atoms with Crippen LogP contribution < -0.4 is 11.1 Å². The minimum Gasteiger partial charge on any atom is -0.337 e. The Kier molecular flexibility index (Phi) is 6.59. The molecule has 1 aromatic rings. The van der Waals surface area contributed by atoms with Crippen LogP contribution in [0.15, 0.2) is 24.3 Å². The summed E-state index contributed by atoms with van der Waals surface area (Å²) < 4.78 is 0.